The molecule has 1 heterocycles. The Morgan fingerprint density at radius 3 is 2.81 bits per heavy atom. The van der Waals surface area contributed by atoms with Crippen LogP contribution in [0.5, 0.6) is 11.6 Å². The van der Waals surface area contributed by atoms with Crippen LogP contribution in [0.15, 0.2) is 36.4 Å². The van der Waals surface area contributed by atoms with Gasteiger partial charge in [0.2, 0.25) is 0 Å². The Morgan fingerprint density at radius 2 is 2.15 bits per heavy atom. The molecule has 0 radical (unpaired) electrons. The summed E-state index contributed by atoms with van der Waals surface area (Å²) in [4.78, 5) is 17.1. The molecule has 1 aromatic heterocycles. The Hall–Kier alpha value is -2.49. The standard InChI is InChI=1S/C18H24N4O4S/c1-13-5-3-4-6-16(13)25-12-15(24)11-19-9-10-22(14(2)23)26-17-7-8-18(27)21-20-17/h3-8,15,19,24H,9-12H2,1-2H3,(H,21,27). The number of carbonyl (C=O) groups excluding carboxylic acids is 1. The number of aromatic nitrogens is 2. The summed E-state index contributed by atoms with van der Waals surface area (Å²) in [5.41, 5.74) is 1.02. The van der Waals surface area contributed by atoms with E-state index in [0.29, 0.717) is 17.7 Å². The number of aliphatic hydroxyl groups is 1. The number of amides is 1. The minimum Gasteiger partial charge on any atom is -0.491 e. The number of aromatic amines is 1. The van der Waals surface area contributed by atoms with Gasteiger partial charge in [0.25, 0.3) is 11.8 Å². The van der Waals surface area contributed by atoms with E-state index in [4.69, 9.17) is 21.8 Å². The summed E-state index contributed by atoms with van der Waals surface area (Å²) in [6, 6.07) is 10.8. The number of nitrogens with zero attached hydrogens (tertiary/aromatic N) is 2. The van der Waals surface area contributed by atoms with Crippen molar-refractivity contribution in [1.82, 2.24) is 20.6 Å². The van der Waals surface area contributed by atoms with Gasteiger partial charge in [0.1, 0.15) is 23.1 Å². The third kappa shape index (κ3) is 7.33. The maximum atomic E-state index is 11.7. The molecule has 1 amide bonds. The van der Waals surface area contributed by atoms with Crippen molar-refractivity contribution in [1.29, 1.82) is 0 Å². The number of ether oxygens (including phenoxy) is 1. The van der Waals surface area contributed by atoms with Crippen LogP contribution >= 0.6 is 12.2 Å². The molecule has 0 bridgehead atoms. The summed E-state index contributed by atoms with van der Waals surface area (Å²) < 4.78 is 6.08. The van der Waals surface area contributed by atoms with Crippen LogP contribution < -0.4 is 14.9 Å². The molecule has 146 valence electrons. The second kappa shape index (κ2) is 10.6. The summed E-state index contributed by atoms with van der Waals surface area (Å²) in [6.07, 6.45) is -0.674. The maximum absolute atomic E-state index is 11.7. The van der Waals surface area contributed by atoms with E-state index < -0.39 is 6.10 Å². The lowest BCUT2D eigenvalue weighted by Crippen LogP contribution is -2.40. The average molecular weight is 392 g/mol. The van der Waals surface area contributed by atoms with Gasteiger partial charge in [0, 0.05) is 26.1 Å². The number of hydrogen-bond donors (Lipinski definition) is 3. The molecule has 1 aromatic carbocycles. The lowest BCUT2D eigenvalue weighted by molar-refractivity contribution is -0.155. The van der Waals surface area contributed by atoms with Crippen molar-refractivity contribution in [3.63, 3.8) is 0 Å². The molecule has 8 nitrogen and oxygen atoms in total. The van der Waals surface area contributed by atoms with Crippen LogP contribution in [0, 0.1) is 11.6 Å². The fourth-order valence-electron chi connectivity index (χ4n) is 2.18. The summed E-state index contributed by atoms with van der Waals surface area (Å²) in [5, 5.41) is 20.8. The Bertz CT molecular complexity index is 778. The van der Waals surface area contributed by atoms with Gasteiger partial charge in [-0.15, -0.1) is 5.10 Å². The van der Waals surface area contributed by atoms with Gasteiger partial charge in [-0.25, -0.2) is 0 Å². The van der Waals surface area contributed by atoms with Crippen LogP contribution in [0.25, 0.3) is 0 Å². The molecule has 1 atom stereocenters. The van der Waals surface area contributed by atoms with Crippen LogP contribution in [0.1, 0.15) is 12.5 Å². The number of aryl methyl sites for hydroxylation is 1. The molecule has 9 heteroatoms. The molecule has 27 heavy (non-hydrogen) atoms. The summed E-state index contributed by atoms with van der Waals surface area (Å²) in [6.45, 7) is 4.58. The van der Waals surface area contributed by atoms with Gasteiger partial charge in [0.05, 0.1) is 6.54 Å². The fourth-order valence-corrected chi connectivity index (χ4v) is 2.29. The molecule has 0 fully saturated rings. The van der Waals surface area contributed by atoms with E-state index in [1.165, 1.54) is 12.0 Å². The first kappa shape index (κ1) is 20.8. The number of nitrogens with one attached hydrogen (secondary N) is 2. The monoisotopic (exact) mass is 392 g/mol. The van der Waals surface area contributed by atoms with E-state index in [0.717, 1.165) is 11.3 Å². The van der Waals surface area contributed by atoms with Gasteiger partial charge in [0.15, 0.2) is 0 Å². The zero-order valence-electron chi connectivity index (χ0n) is 15.3. The number of aliphatic hydroxyl groups excluding tert-OH is 1. The molecular formula is C18H24N4O4S. The lowest BCUT2D eigenvalue weighted by atomic mass is 10.2. The fraction of sp³-hybridized carbons (Fsp3) is 0.389. The van der Waals surface area contributed by atoms with Crippen molar-refractivity contribution in [2.24, 2.45) is 0 Å². The minimum atomic E-state index is -0.674. The summed E-state index contributed by atoms with van der Waals surface area (Å²) in [5.74, 6) is 0.733. The van der Waals surface area contributed by atoms with Gasteiger partial charge in [-0.2, -0.15) is 5.06 Å². The van der Waals surface area contributed by atoms with Crippen molar-refractivity contribution in [2.75, 3.05) is 26.2 Å². The molecule has 0 aliphatic carbocycles. The number of carbonyl (C=O) groups is 1. The number of rotatable bonds is 10. The van der Waals surface area contributed by atoms with Gasteiger partial charge in [-0.3, -0.25) is 9.89 Å². The van der Waals surface area contributed by atoms with E-state index in [1.54, 1.807) is 12.1 Å². The third-order valence-corrected chi connectivity index (χ3v) is 3.83. The Balaban J connectivity index is 1.70. The second-order valence-corrected chi connectivity index (χ2v) is 6.35. The maximum Gasteiger partial charge on any atom is 0.262 e. The lowest BCUT2D eigenvalue weighted by Gasteiger charge is -2.20. The quantitative estimate of drug-likeness (QED) is 0.321. The first-order valence-corrected chi connectivity index (χ1v) is 8.95. The van der Waals surface area contributed by atoms with E-state index >= 15 is 0 Å². The summed E-state index contributed by atoms with van der Waals surface area (Å²) >= 11 is 4.91. The summed E-state index contributed by atoms with van der Waals surface area (Å²) in [7, 11) is 0. The van der Waals surface area contributed by atoms with Crippen LogP contribution in [-0.2, 0) is 4.79 Å². The highest BCUT2D eigenvalue weighted by atomic mass is 32.1. The second-order valence-electron chi connectivity index (χ2n) is 5.91. The number of para-hydroxylation sites is 1. The van der Waals surface area contributed by atoms with Crippen LogP contribution in [0.4, 0.5) is 0 Å². The molecule has 3 N–H and O–H groups in total. The predicted molar refractivity (Wildman–Crippen MR) is 103 cm³/mol. The van der Waals surface area contributed by atoms with Gasteiger partial charge in [-0.1, -0.05) is 30.4 Å². The normalized spacial score (nSPS) is 11.7. The Kier molecular flexibility index (Phi) is 8.18. The van der Waals surface area contributed by atoms with Crippen molar-refractivity contribution < 1.29 is 19.5 Å². The van der Waals surface area contributed by atoms with Gasteiger partial charge >= 0.3 is 0 Å². The van der Waals surface area contributed by atoms with E-state index in [9.17, 15) is 9.90 Å². The molecule has 0 saturated heterocycles. The number of H-pyrrole nitrogens is 1. The van der Waals surface area contributed by atoms with Crippen LogP contribution in [0.3, 0.4) is 0 Å². The topological polar surface area (TPSA) is 99.7 Å². The predicted octanol–water partition coefficient (Wildman–Crippen LogP) is 1.62. The molecule has 1 unspecified atom stereocenters. The molecule has 2 rings (SSSR count). The molecule has 0 aliphatic heterocycles. The van der Waals surface area contributed by atoms with Crippen molar-refractivity contribution >= 4 is 18.1 Å². The number of hydroxylamine groups is 2. The number of benzene rings is 1. The molecule has 0 spiro atoms. The highest BCUT2D eigenvalue weighted by Crippen LogP contribution is 2.16. The molecule has 0 saturated carbocycles. The van der Waals surface area contributed by atoms with Crippen molar-refractivity contribution in [2.45, 2.75) is 20.0 Å². The van der Waals surface area contributed by atoms with Crippen LogP contribution in [-0.4, -0.2) is 58.6 Å². The van der Waals surface area contributed by atoms with Crippen molar-refractivity contribution in [3.8, 4) is 11.6 Å². The average Bonchev–Trinajstić information content (AvgIpc) is 2.65. The van der Waals surface area contributed by atoms with Crippen molar-refractivity contribution in [3.05, 3.63) is 46.6 Å². The Labute approximate surface area is 163 Å². The highest BCUT2D eigenvalue weighted by Gasteiger charge is 2.12. The van der Waals surface area contributed by atoms with Gasteiger partial charge in [-0.05, 0) is 24.6 Å². The Morgan fingerprint density at radius 1 is 1.37 bits per heavy atom. The van der Waals surface area contributed by atoms with Gasteiger partial charge < -0.3 is 20.0 Å². The zero-order valence-corrected chi connectivity index (χ0v) is 16.2. The zero-order chi connectivity index (χ0) is 19.6. The molecule has 2 aromatic rings. The first-order chi connectivity index (χ1) is 13.0. The largest absolute Gasteiger partial charge is 0.491 e. The van der Waals surface area contributed by atoms with Crippen LogP contribution in [0.2, 0.25) is 0 Å². The van der Waals surface area contributed by atoms with E-state index in [1.807, 2.05) is 31.2 Å². The minimum absolute atomic E-state index is 0.179. The first-order valence-electron chi connectivity index (χ1n) is 8.54. The number of hydrogen-bond acceptors (Lipinski definition) is 7. The van der Waals surface area contributed by atoms with E-state index in [2.05, 4.69) is 15.5 Å². The third-order valence-electron chi connectivity index (χ3n) is 3.60. The molecule has 0 aliphatic rings. The van der Waals surface area contributed by atoms with E-state index in [-0.39, 0.29) is 24.9 Å². The highest BCUT2D eigenvalue weighted by molar-refractivity contribution is 7.71. The smallest absolute Gasteiger partial charge is 0.262 e. The molecular weight excluding hydrogens is 368 g/mol. The SMILES string of the molecule is CC(=O)N(CCNCC(O)COc1ccccc1C)Oc1ccc(=S)[nH]n1.